The molecule has 3 aromatic rings. The molecule has 0 fully saturated rings. The number of benzene rings is 2. The molecule has 0 aliphatic heterocycles. The van der Waals surface area contributed by atoms with Gasteiger partial charge < -0.3 is 10.7 Å². The Kier molecular flexibility index (Phi) is 4.42. The Morgan fingerprint density at radius 3 is 2.54 bits per heavy atom. The molecule has 24 heavy (non-hydrogen) atoms. The van der Waals surface area contributed by atoms with Crippen LogP contribution in [-0.2, 0) is 6.42 Å². The lowest BCUT2D eigenvalue weighted by Gasteiger charge is -2.06. The lowest BCUT2D eigenvalue weighted by Crippen LogP contribution is -2.12. The largest absolute Gasteiger partial charge is 0.366 e. The zero-order valence-corrected chi connectivity index (χ0v) is 13.3. The minimum absolute atomic E-state index is 0.293. The fourth-order valence-electron chi connectivity index (χ4n) is 2.71. The number of halogens is 1. The van der Waals surface area contributed by atoms with Crippen LogP contribution < -0.4 is 5.73 Å². The summed E-state index contributed by atoms with van der Waals surface area (Å²) < 4.78 is 13.1. The van der Waals surface area contributed by atoms with Gasteiger partial charge in [0.05, 0.1) is 11.4 Å². The first-order valence-electron chi connectivity index (χ1n) is 7.84. The molecule has 5 heteroatoms. The maximum Gasteiger partial charge on any atom is 0.249 e. The van der Waals surface area contributed by atoms with E-state index < -0.39 is 5.91 Å². The van der Waals surface area contributed by atoms with Crippen LogP contribution in [-0.4, -0.2) is 15.9 Å². The van der Waals surface area contributed by atoms with Crippen molar-refractivity contribution < 1.29 is 9.18 Å². The number of hydrogen-bond acceptors (Lipinski definition) is 2. The average Bonchev–Trinajstić information content (AvgIpc) is 2.99. The Hall–Kier alpha value is -2.95. The topological polar surface area (TPSA) is 71.8 Å². The highest BCUT2D eigenvalue weighted by atomic mass is 19.1. The van der Waals surface area contributed by atoms with E-state index in [2.05, 4.69) is 16.9 Å². The minimum atomic E-state index is -0.481. The van der Waals surface area contributed by atoms with E-state index in [1.54, 1.807) is 24.3 Å². The zero-order valence-electron chi connectivity index (χ0n) is 13.3. The Labute approximate surface area is 139 Å². The van der Waals surface area contributed by atoms with Crippen LogP contribution in [0.5, 0.6) is 0 Å². The number of imidazole rings is 1. The number of H-pyrrole nitrogens is 1. The van der Waals surface area contributed by atoms with Crippen LogP contribution in [0.25, 0.3) is 22.6 Å². The molecule has 3 rings (SSSR count). The summed E-state index contributed by atoms with van der Waals surface area (Å²) in [6.45, 7) is 2.07. The van der Waals surface area contributed by atoms with E-state index in [4.69, 9.17) is 5.73 Å². The van der Waals surface area contributed by atoms with Crippen molar-refractivity contribution in [3.63, 3.8) is 0 Å². The smallest absolute Gasteiger partial charge is 0.249 e. The lowest BCUT2D eigenvalue weighted by atomic mass is 10.0. The molecule has 1 heterocycles. The van der Waals surface area contributed by atoms with E-state index in [9.17, 15) is 9.18 Å². The van der Waals surface area contributed by atoms with Crippen LogP contribution in [0, 0.1) is 5.82 Å². The van der Waals surface area contributed by atoms with Gasteiger partial charge in [-0.25, -0.2) is 9.37 Å². The summed E-state index contributed by atoms with van der Waals surface area (Å²) in [6.07, 6.45) is 1.68. The number of nitrogens with one attached hydrogen (secondary N) is 1. The number of carbonyl (C=O) groups is 1. The monoisotopic (exact) mass is 323 g/mol. The number of nitrogens with zero attached hydrogens (tertiary/aromatic N) is 1. The first kappa shape index (κ1) is 15.9. The number of hydrogen-bond donors (Lipinski definition) is 2. The molecular formula is C19H18FN3O. The van der Waals surface area contributed by atoms with Gasteiger partial charge in [0, 0.05) is 16.7 Å². The van der Waals surface area contributed by atoms with E-state index in [0.717, 1.165) is 35.4 Å². The van der Waals surface area contributed by atoms with Gasteiger partial charge in [-0.2, -0.15) is 0 Å². The van der Waals surface area contributed by atoms with Crippen molar-refractivity contribution >= 4 is 5.91 Å². The maximum atomic E-state index is 13.1. The van der Waals surface area contributed by atoms with Crippen LogP contribution >= 0.6 is 0 Å². The van der Waals surface area contributed by atoms with Gasteiger partial charge in [-0.05, 0) is 36.8 Å². The molecule has 1 amide bonds. The van der Waals surface area contributed by atoms with Gasteiger partial charge in [0.2, 0.25) is 5.91 Å². The quantitative estimate of drug-likeness (QED) is 0.746. The van der Waals surface area contributed by atoms with Crippen molar-refractivity contribution in [3.8, 4) is 22.6 Å². The van der Waals surface area contributed by atoms with Crippen molar-refractivity contribution in [2.45, 2.75) is 19.8 Å². The third-order valence-corrected chi connectivity index (χ3v) is 3.85. The van der Waals surface area contributed by atoms with Gasteiger partial charge >= 0.3 is 0 Å². The van der Waals surface area contributed by atoms with E-state index in [1.165, 1.54) is 12.1 Å². The summed E-state index contributed by atoms with van der Waals surface area (Å²) in [7, 11) is 0. The van der Waals surface area contributed by atoms with E-state index in [-0.39, 0.29) is 5.82 Å². The van der Waals surface area contributed by atoms with Crippen molar-refractivity contribution in [2.75, 3.05) is 0 Å². The molecule has 0 radical (unpaired) electrons. The number of amides is 1. The predicted molar refractivity (Wildman–Crippen MR) is 91.9 cm³/mol. The van der Waals surface area contributed by atoms with E-state index >= 15 is 0 Å². The first-order valence-corrected chi connectivity index (χ1v) is 7.84. The van der Waals surface area contributed by atoms with Crippen molar-refractivity contribution in [3.05, 3.63) is 65.6 Å². The number of aromatic nitrogens is 2. The van der Waals surface area contributed by atoms with Crippen molar-refractivity contribution in [1.29, 1.82) is 0 Å². The van der Waals surface area contributed by atoms with E-state index in [1.807, 2.05) is 12.1 Å². The summed E-state index contributed by atoms with van der Waals surface area (Å²) in [6, 6.07) is 13.3. The second kappa shape index (κ2) is 6.66. The summed E-state index contributed by atoms with van der Waals surface area (Å²) in [5.74, 6) is -0.128. The average molecular weight is 323 g/mol. The first-order chi connectivity index (χ1) is 11.6. The minimum Gasteiger partial charge on any atom is -0.366 e. The van der Waals surface area contributed by atoms with Crippen molar-refractivity contribution in [1.82, 2.24) is 9.97 Å². The fraction of sp³-hybridized carbons (Fsp3) is 0.158. The van der Waals surface area contributed by atoms with Gasteiger partial charge in [0.15, 0.2) is 0 Å². The Morgan fingerprint density at radius 1 is 1.17 bits per heavy atom. The van der Waals surface area contributed by atoms with E-state index in [0.29, 0.717) is 11.4 Å². The second-order valence-corrected chi connectivity index (χ2v) is 5.57. The molecule has 0 aliphatic carbocycles. The number of aryl methyl sites for hydroxylation is 1. The predicted octanol–water partition coefficient (Wildman–Crippen LogP) is 3.93. The molecule has 1 aromatic heterocycles. The Morgan fingerprint density at radius 2 is 1.88 bits per heavy atom. The molecule has 0 saturated heterocycles. The van der Waals surface area contributed by atoms with Gasteiger partial charge in [0.25, 0.3) is 0 Å². The van der Waals surface area contributed by atoms with Crippen molar-refractivity contribution in [2.24, 2.45) is 5.73 Å². The molecule has 0 spiro atoms. The van der Waals surface area contributed by atoms with Gasteiger partial charge in [0.1, 0.15) is 11.6 Å². The molecule has 0 unspecified atom stereocenters. The molecule has 0 atom stereocenters. The van der Waals surface area contributed by atoms with Crippen LogP contribution in [0.15, 0.2) is 48.5 Å². The molecule has 2 aromatic carbocycles. The standard InChI is InChI=1S/C19H18FN3O/c1-2-5-16-17(14-6-3-4-7-15(14)18(21)24)23-19(22-16)12-8-10-13(20)11-9-12/h3-4,6-11H,2,5H2,1H3,(H2,21,24)(H,22,23). The molecule has 122 valence electrons. The normalized spacial score (nSPS) is 10.8. The molecule has 4 nitrogen and oxygen atoms in total. The van der Waals surface area contributed by atoms with Crippen LogP contribution in [0.1, 0.15) is 29.4 Å². The number of aromatic amines is 1. The Balaban J connectivity index is 2.14. The van der Waals surface area contributed by atoms with Gasteiger partial charge in [-0.3, -0.25) is 4.79 Å². The number of nitrogens with two attached hydrogens (primary N) is 1. The highest BCUT2D eigenvalue weighted by molar-refractivity contribution is 5.99. The summed E-state index contributed by atoms with van der Waals surface area (Å²) in [5.41, 5.74) is 9.11. The zero-order chi connectivity index (χ0) is 17.1. The fourth-order valence-corrected chi connectivity index (χ4v) is 2.71. The van der Waals surface area contributed by atoms with Gasteiger partial charge in [-0.1, -0.05) is 31.5 Å². The summed E-state index contributed by atoms with van der Waals surface area (Å²) in [5, 5.41) is 0. The van der Waals surface area contributed by atoms with Crippen LogP contribution in [0.4, 0.5) is 4.39 Å². The highest BCUT2D eigenvalue weighted by Gasteiger charge is 2.17. The summed E-state index contributed by atoms with van der Waals surface area (Å²) >= 11 is 0. The van der Waals surface area contributed by atoms with Crippen LogP contribution in [0.2, 0.25) is 0 Å². The third-order valence-electron chi connectivity index (χ3n) is 3.85. The SMILES string of the molecule is CCCc1nc(-c2ccc(F)cc2)[nH]c1-c1ccccc1C(N)=O. The highest BCUT2D eigenvalue weighted by Crippen LogP contribution is 2.29. The third kappa shape index (κ3) is 3.06. The molecule has 0 aliphatic rings. The Bertz CT molecular complexity index is 869. The summed E-state index contributed by atoms with van der Waals surface area (Å²) in [4.78, 5) is 19.6. The second-order valence-electron chi connectivity index (χ2n) is 5.57. The molecule has 3 N–H and O–H groups in total. The number of primary amides is 1. The van der Waals surface area contributed by atoms with Crippen LogP contribution in [0.3, 0.4) is 0 Å². The molecular weight excluding hydrogens is 305 g/mol. The van der Waals surface area contributed by atoms with Gasteiger partial charge in [-0.15, -0.1) is 0 Å². The number of rotatable bonds is 5. The maximum absolute atomic E-state index is 13.1. The lowest BCUT2D eigenvalue weighted by molar-refractivity contribution is 0.100. The molecule has 0 bridgehead atoms. The molecule has 0 saturated carbocycles. The number of carbonyl (C=O) groups excluding carboxylic acids is 1.